The van der Waals surface area contributed by atoms with Crippen molar-refractivity contribution in [2.45, 2.75) is 95.1 Å². The highest BCUT2D eigenvalue weighted by Gasteiger charge is 2.62. The van der Waals surface area contributed by atoms with Gasteiger partial charge in [-0.3, -0.25) is 28.9 Å². The molecule has 2 saturated heterocycles. The molecule has 2 aromatic heterocycles. The molecule has 0 bridgehead atoms. The van der Waals surface area contributed by atoms with Crippen LogP contribution in [0, 0.1) is 17.3 Å². The van der Waals surface area contributed by atoms with Crippen LogP contribution in [0.3, 0.4) is 0 Å². The maximum Gasteiger partial charge on any atom is 0.259 e. The molecule has 5 atom stereocenters. The van der Waals surface area contributed by atoms with E-state index in [2.05, 4.69) is 21.6 Å². The summed E-state index contributed by atoms with van der Waals surface area (Å²) in [7, 11) is -2.41. The molecule has 4 heterocycles. The minimum absolute atomic E-state index is 0.00974. The Morgan fingerprint density at radius 2 is 1.84 bits per heavy atom. The van der Waals surface area contributed by atoms with Crippen molar-refractivity contribution in [3.63, 3.8) is 0 Å². The van der Waals surface area contributed by atoms with Crippen molar-refractivity contribution in [1.29, 1.82) is 0 Å². The number of carbonyl (C=O) groups excluding carboxylic acids is 4. The van der Waals surface area contributed by atoms with Crippen LogP contribution < -0.4 is 19.5 Å². The Labute approximate surface area is 344 Å². The van der Waals surface area contributed by atoms with Crippen molar-refractivity contribution in [2.24, 2.45) is 17.3 Å². The van der Waals surface area contributed by atoms with E-state index in [0.717, 1.165) is 19.3 Å². The fourth-order valence-corrected chi connectivity index (χ4v) is 9.79. The Hall–Kier alpha value is -4.76. The second-order valence-electron chi connectivity index (χ2n) is 16.9. The first-order valence-electron chi connectivity index (χ1n) is 19.9. The molecule has 1 unspecified atom stereocenters. The summed E-state index contributed by atoms with van der Waals surface area (Å²) in [4.78, 5) is 69.2. The summed E-state index contributed by atoms with van der Waals surface area (Å²) >= 11 is 6.79. The highest BCUT2D eigenvalue weighted by Crippen LogP contribution is 2.46. The van der Waals surface area contributed by atoms with E-state index in [4.69, 9.17) is 26.1 Å². The number of nitrogens with zero attached hydrogens (tertiary/aromatic N) is 4. The molecule has 2 aliphatic heterocycles. The van der Waals surface area contributed by atoms with Crippen molar-refractivity contribution >= 4 is 56.2 Å². The molecule has 4 amide bonds. The molecule has 310 valence electrons. The Balaban J connectivity index is 1.22. The van der Waals surface area contributed by atoms with Crippen LogP contribution in [0.2, 0.25) is 5.02 Å². The first-order chi connectivity index (χ1) is 27.6. The van der Waals surface area contributed by atoms with Gasteiger partial charge in [0.25, 0.3) is 5.91 Å². The largest absolute Gasteiger partial charge is 0.495 e. The Kier molecular flexibility index (Phi) is 11.5. The second kappa shape index (κ2) is 16.1. The number of hydrogen-bond donors (Lipinski definition) is 2. The third-order valence-electron chi connectivity index (χ3n) is 11.8. The van der Waals surface area contributed by atoms with Crippen LogP contribution in [0.25, 0.3) is 22.2 Å². The van der Waals surface area contributed by atoms with Gasteiger partial charge in [-0.1, -0.05) is 44.5 Å². The van der Waals surface area contributed by atoms with Gasteiger partial charge in [-0.2, -0.15) is 0 Å². The number of pyridine rings is 2. The molecule has 1 aromatic carbocycles. The number of hydrogen-bond acceptors (Lipinski definition) is 10. The molecule has 0 spiro atoms. The van der Waals surface area contributed by atoms with Crippen molar-refractivity contribution in [3.05, 3.63) is 60.3 Å². The number of benzene rings is 1. The molecule has 58 heavy (non-hydrogen) atoms. The summed E-state index contributed by atoms with van der Waals surface area (Å²) in [5, 5.41) is 3.16. The Morgan fingerprint density at radius 1 is 1.10 bits per heavy atom. The van der Waals surface area contributed by atoms with Crippen molar-refractivity contribution in [1.82, 2.24) is 29.8 Å². The van der Waals surface area contributed by atoms with Crippen LogP contribution in [0.15, 0.2) is 55.3 Å². The van der Waals surface area contributed by atoms with E-state index < -0.39 is 67.9 Å². The lowest BCUT2D eigenvalue weighted by Gasteiger charge is -2.36. The van der Waals surface area contributed by atoms with E-state index in [-0.39, 0.29) is 42.6 Å². The number of nitrogens with one attached hydrogen (secondary N) is 2. The summed E-state index contributed by atoms with van der Waals surface area (Å²) in [5.74, 6) is -2.74. The average molecular weight is 835 g/mol. The van der Waals surface area contributed by atoms with Gasteiger partial charge in [0.2, 0.25) is 33.6 Å². The maximum absolute atomic E-state index is 14.8. The molecular formula is C42H51ClN6O8S. The van der Waals surface area contributed by atoms with Crippen LogP contribution in [0.5, 0.6) is 11.6 Å². The van der Waals surface area contributed by atoms with Gasteiger partial charge in [0.05, 0.1) is 36.0 Å². The third-order valence-corrected chi connectivity index (χ3v) is 14.0. The molecule has 14 nitrogen and oxygen atoms in total. The highest BCUT2D eigenvalue weighted by molar-refractivity contribution is 7.91. The number of carbonyl (C=O) groups is 4. The number of ether oxygens (including phenoxy) is 2. The van der Waals surface area contributed by atoms with E-state index in [9.17, 15) is 27.6 Å². The monoisotopic (exact) mass is 834 g/mol. The van der Waals surface area contributed by atoms with E-state index in [1.165, 1.54) is 18.1 Å². The number of fused-ring (bicyclic) bond motifs is 1. The van der Waals surface area contributed by atoms with Crippen LogP contribution in [0.4, 0.5) is 0 Å². The molecule has 4 fully saturated rings. The first kappa shape index (κ1) is 41.4. The van der Waals surface area contributed by atoms with Crippen molar-refractivity contribution < 1.29 is 37.1 Å². The van der Waals surface area contributed by atoms with E-state index in [1.54, 1.807) is 29.3 Å². The molecule has 4 aliphatic rings. The number of halogens is 1. The van der Waals surface area contributed by atoms with Gasteiger partial charge in [-0.05, 0) is 68.2 Å². The summed E-state index contributed by atoms with van der Waals surface area (Å²) in [5.41, 5.74) is -0.496. The van der Waals surface area contributed by atoms with E-state index in [0.29, 0.717) is 53.8 Å². The second-order valence-corrected chi connectivity index (χ2v) is 19.3. The Morgan fingerprint density at radius 3 is 2.47 bits per heavy atom. The lowest BCUT2D eigenvalue weighted by molar-refractivity contribution is -0.148. The van der Waals surface area contributed by atoms with Gasteiger partial charge < -0.3 is 24.6 Å². The Bertz CT molecular complexity index is 2220. The number of amides is 4. The van der Waals surface area contributed by atoms with Crippen LogP contribution in [-0.2, 0) is 29.2 Å². The van der Waals surface area contributed by atoms with E-state index in [1.807, 2.05) is 39.0 Å². The smallest absolute Gasteiger partial charge is 0.259 e. The number of likely N-dealkylation sites (tertiary alicyclic amines) is 2. The fourth-order valence-electron chi connectivity index (χ4n) is 8.14. The average Bonchev–Trinajstić information content (AvgIpc) is 4.13. The number of piperidine rings is 1. The van der Waals surface area contributed by atoms with Crippen LogP contribution in [-0.4, -0.2) is 101 Å². The number of sulfonamides is 1. The van der Waals surface area contributed by atoms with Gasteiger partial charge in [0.15, 0.2) is 0 Å². The van der Waals surface area contributed by atoms with E-state index >= 15 is 0 Å². The standard InChI is InChI=1S/C42H51ClN6O8S/c1-6-25-23-42(25,40(53)47-58(54,55)27-13-14-27)46-38(51)32-20-26(24-49(32)39(52)30(41(2,3)4)22-35(50)48-18-10-7-11-19-48)57-34-21-29(31-12-8-9-17-44-31)28-15-16-33(56-5)36(43)37(28)45-34/h6,8-9,12,15-17,21,25-27,30,32H,1,7,10-11,13-14,18-20,22-24H2,2-5H3,(H,46,51)(H,47,53)/t25-,26-,30?,32+,42-/m1/s1. The van der Waals surface area contributed by atoms with Gasteiger partial charge in [-0.15, -0.1) is 6.58 Å². The van der Waals surface area contributed by atoms with Crippen LogP contribution >= 0.6 is 11.6 Å². The zero-order valence-electron chi connectivity index (χ0n) is 33.3. The van der Waals surface area contributed by atoms with Crippen molar-refractivity contribution in [3.8, 4) is 22.9 Å². The number of methoxy groups -OCH3 is 1. The quantitative estimate of drug-likeness (QED) is 0.222. The van der Waals surface area contributed by atoms with Gasteiger partial charge in [-0.25, -0.2) is 13.4 Å². The molecule has 3 aromatic rings. The van der Waals surface area contributed by atoms with Gasteiger partial charge in [0, 0.05) is 55.1 Å². The van der Waals surface area contributed by atoms with Gasteiger partial charge >= 0.3 is 0 Å². The highest BCUT2D eigenvalue weighted by atomic mass is 35.5. The molecule has 2 N–H and O–H groups in total. The zero-order valence-corrected chi connectivity index (χ0v) is 34.9. The lowest BCUT2D eigenvalue weighted by atomic mass is 9.77. The molecular weight excluding hydrogens is 784 g/mol. The predicted octanol–water partition coefficient (Wildman–Crippen LogP) is 5.04. The summed E-state index contributed by atoms with van der Waals surface area (Å²) in [6, 6.07) is 9.70. The third kappa shape index (κ3) is 8.38. The molecule has 16 heteroatoms. The molecule has 2 saturated carbocycles. The number of aromatic nitrogens is 2. The minimum atomic E-state index is -3.91. The normalized spacial score (nSPS) is 23.8. The molecule has 2 aliphatic carbocycles. The molecule has 0 radical (unpaired) electrons. The number of rotatable bonds is 13. The zero-order chi connectivity index (χ0) is 41.6. The topological polar surface area (TPSA) is 177 Å². The lowest BCUT2D eigenvalue weighted by Crippen LogP contribution is -2.57. The predicted molar refractivity (Wildman–Crippen MR) is 218 cm³/mol. The minimum Gasteiger partial charge on any atom is -0.495 e. The molecule has 7 rings (SSSR count). The van der Waals surface area contributed by atoms with Crippen LogP contribution in [0.1, 0.15) is 72.1 Å². The van der Waals surface area contributed by atoms with Gasteiger partial charge in [0.1, 0.15) is 28.5 Å². The maximum atomic E-state index is 14.8. The SMILES string of the molecule is C=C[C@@H]1C[C@]1(NC(=O)[C@@H]1C[C@@H](Oc2cc(-c3ccccn3)c3ccc(OC)c(Cl)c3n2)CN1C(=O)C(CC(=O)N1CCCCC1)C(C)(C)C)C(=O)NS(=O)(=O)C1CC1. The van der Waals surface area contributed by atoms with Crippen molar-refractivity contribution in [2.75, 3.05) is 26.7 Å². The summed E-state index contributed by atoms with van der Waals surface area (Å²) in [6.45, 7) is 10.7. The summed E-state index contributed by atoms with van der Waals surface area (Å²) < 4.78 is 39.8. The fraction of sp³-hybridized carbons (Fsp3) is 0.524. The summed E-state index contributed by atoms with van der Waals surface area (Å²) in [6.07, 6.45) is 6.30. The first-order valence-corrected chi connectivity index (χ1v) is 21.8.